The number of aromatic nitrogens is 2. The zero-order chi connectivity index (χ0) is 21.0. The Morgan fingerprint density at radius 1 is 1.10 bits per heavy atom. The summed E-state index contributed by atoms with van der Waals surface area (Å²) in [5, 5.41) is 25.9. The smallest absolute Gasteiger partial charge is 0.293 e. The molecule has 2 aromatic carbocycles. The molecule has 3 rings (SSSR count). The molecule has 0 saturated carbocycles. The minimum absolute atomic E-state index is 0.0725. The van der Waals surface area contributed by atoms with Gasteiger partial charge in [-0.3, -0.25) is 14.9 Å². The summed E-state index contributed by atoms with van der Waals surface area (Å²) in [7, 11) is 0. The summed E-state index contributed by atoms with van der Waals surface area (Å²) in [4.78, 5) is 23.0. The van der Waals surface area contributed by atoms with E-state index in [1.165, 1.54) is 29.2 Å². The number of nitro groups is 1. The second kappa shape index (κ2) is 9.01. The van der Waals surface area contributed by atoms with E-state index in [1.807, 2.05) is 38.1 Å². The van der Waals surface area contributed by atoms with Gasteiger partial charge in [0, 0.05) is 11.8 Å². The van der Waals surface area contributed by atoms with Gasteiger partial charge in [-0.25, -0.2) is 0 Å². The predicted molar refractivity (Wildman–Crippen MR) is 116 cm³/mol. The quantitative estimate of drug-likeness (QED) is 0.314. The van der Waals surface area contributed by atoms with E-state index in [0.29, 0.717) is 9.47 Å². The molecule has 29 heavy (non-hydrogen) atoms. The van der Waals surface area contributed by atoms with E-state index in [1.54, 1.807) is 13.0 Å². The molecule has 0 saturated heterocycles. The average Bonchev–Trinajstić information content (AvgIpc) is 3.12. The number of thioether (sulfide) groups is 1. The molecule has 3 aromatic rings. The molecule has 0 fully saturated rings. The van der Waals surface area contributed by atoms with E-state index in [-0.39, 0.29) is 23.0 Å². The van der Waals surface area contributed by atoms with Crippen molar-refractivity contribution in [3.05, 3.63) is 63.2 Å². The largest absolute Gasteiger partial charge is 0.330 e. The lowest BCUT2D eigenvalue weighted by atomic mass is 10.1. The van der Waals surface area contributed by atoms with Gasteiger partial charge in [0.2, 0.25) is 11.0 Å². The Labute approximate surface area is 175 Å². The number of carbonyl (C=O) groups excluding carboxylic acids is 1. The molecule has 150 valence electrons. The number of para-hydroxylation sites is 1. The van der Waals surface area contributed by atoms with Crippen molar-refractivity contribution in [1.29, 1.82) is 0 Å². The van der Waals surface area contributed by atoms with Crippen LogP contribution in [0.3, 0.4) is 0 Å². The van der Waals surface area contributed by atoms with Crippen LogP contribution in [0.25, 0.3) is 0 Å². The molecule has 0 spiro atoms. The Morgan fingerprint density at radius 3 is 2.55 bits per heavy atom. The van der Waals surface area contributed by atoms with E-state index in [9.17, 15) is 14.9 Å². The zero-order valence-electron chi connectivity index (χ0n) is 16.1. The first-order chi connectivity index (χ1) is 13.8. The monoisotopic (exact) mass is 429 g/mol. The van der Waals surface area contributed by atoms with E-state index in [0.717, 1.165) is 22.4 Å². The molecular formula is C19H19N5O3S2. The Hall–Kier alpha value is -2.98. The fraction of sp³-hybridized carbons (Fsp3) is 0.211. The van der Waals surface area contributed by atoms with E-state index in [4.69, 9.17) is 0 Å². The highest BCUT2D eigenvalue weighted by atomic mass is 32.2. The van der Waals surface area contributed by atoms with Crippen LogP contribution >= 0.6 is 23.1 Å². The molecule has 0 aliphatic carbocycles. The van der Waals surface area contributed by atoms with Crippen LogP contribution in [0.2, 0.25) is 0 Å². The van der Waals surface area contributed by atoms with E-state index >= 15 is 0 Å². The first kappa shape index (κ1) is 20.7. The lowest BCUT2D eigenvalue weighted by Crippen LogP contribution is -2.15. The lowest BCUT2D eigenvalue weighted by molar-refractivity contribution is -0.384. The van der Waals surface area contributed by atoms with Gasteiger partial charge < -0.3 is 10.6 Å². The summed E-state index contributed by atoms with van der Waals surface area (Å²) >= 11 is 2.57. The highest BCUT2D eigenvalue weighted by Crippen LogP contribution is 2.30. The molecule has 1 aromatic heterocycles. The third-order valence-corrected chi connectivity index (χ3v) is 6.17. The predicted octanol–water partition coefficient (Wildman–Crippen LogP) is 4.85. The number of nitrogens with one attached hydrogen (secondary N) is 2. The van der Waals surface area contributed by atoms with Gasteiger partial charge in [0.15, 0.2) is 4.34 Å². The van der Waals surface area contributed by atoms with Crippen molar-refractivity contribution in [2.75, 3.05) is 16.4 Å². The third kappa shape index (κ3) is 5.30. The van der Waals surface area contributed by atoms with E-state index < -0.39 is 4.92 Å². The summed E-state index contributed by atoms with van der Waals surface area (Å²) in [5.74, 6) is -0.270. The van der Waals surface area contributed by atoms with Crippen LogP contribution in [0.1, 0.15) is 16.7 Å². The summed E-state index contributed by atoms with van der Waals surface area (Å²) in [5.41, 5.74) is 3.78. The van der Waals surface area contributed by atoms with Crippen LogP contribution in [0.4, 0.5) is 22.2 Å². The maximum absolute atomic E-state index is 12.3. The molecular weight excluding hydrogens is 410 g/mol. The molecule has 1 amide bonds. The number of amides is 1. The highest BCUT2D eigenvalue weighted by Gasteiger charge is 2.18. The topological polar surface area (TPSA) is 110 Å². The van der Waals surface area contributed by atoms with Gasteiger partial charge >= 0.3 is 0 Å². The molecule has 0 radical (unpaired) electrons. The molecule has 10 heteroatoms. The summed E-state index contributed by atoms with van der Waals surface area (Å²) in [6.07, 6.45) is 0. The average molecular weight is 430 g/mol. The van der Waals surface area contributed by atoms with Crippen molar-refractivity contribution < 1.29 is 9.72 Å². The Balaban J connectivity index is 1.61. The van der Waals surface area contributed by atoms with Crippen molar-refractivity contribution in [2.24, 2.45) is 0 Å². The first-order valence-corrected chi connectivity index (χ1v) is 10.5. The highest BCUT2D eigenvalue weighted by molar-refractivity contribution is 8.01. The van der Waals surface area contributed by atoms with Crippen LogP contribution in [0, 0.1) is 30.9 Å². The molecule has 8 nitrogen and oxygen atoms in total. The second-order valence-electron chi connectivity index (χ2n) is 6.36. The van der Waals surface area contributed by atoms with Gasteiger partial charge in [-0.05, 0) is 49.6 Å². The van der Waals surface area contributed by atoms with Gasteiger partial charge in [-0.1, -0.05) is 41.3 Å². The van der Waals surface area contributed by atoms with Crippen molar-refractivity contribution in [3.8, 4) is 0 Å². The standard InChI is InChI=1S/C19H19N5O3S2/c1-11-6-4-5-7-14(11)21-18-22-23-19(29-18)28-10-17(25)20-15-8-12(2)13(3)9-16(15)24(26)27/h4-9H,10H2,1-3H3,(H,20,25)(H,21,22). The Bertz CT molecular complexity index is 1070. The molecule has 0 atom stereocenters. The van der Waals surface area contributed by atoms with Crippen LogP contribution in [-0.2, 0) is 4.79 Å². The normalized spacial score (nSPS) is 10.6. The van der Waals surface area contributed by atoms with Crippen LogP contribution in [-0.4, -0.2) is 26.8 Å². The van der Waals surface area contributed by atoms with Crippen LogP contribution in [0.5, 0.6) is 0 Å². The van der Waals surface area contributed by atoms with Crippen molar-refractivity contribution in [2.45, 2.75) is 25.1 Å². The molecule has 0 bridgehead atoms. The van der Waals surface area contributed by atoms with Crippen molar-refractivity contribution in [3.63, 3.8) is 0 Å². The van der Waals surface area contributed by atoms with Crippen molar-refractivity contribution in [1.82, 2.24) is 10.2 Å². The SMILES string of the molecule is Cc1cc(NC(=O)CSc2nnc(Nc3ccccc3C)s2)c([N+](=O)[O-])cc1C. The number of hydrogen-bond acceptors (Lipinski definition) is 8. The van der Waals surface area contributed by atoms with Gasteiger partial charge in [0.25, 0.3) is 5.69 Å². The van der Waals surface area contributed by atoms with Crippen molar-refractivity contribution >= 4 is 51.2 Å². The molecule has 0 aliphatic heterocycles. The Kier molecular flexibility index (Phi) is 6.45. The summed E-state index contributed by atoms with van der Waals surface area (Å²) in [6, 6.07) is 10.9. The van der Waals surface area contributed by atoms with Crippen LogP contribution < -0.4 is 10.6 Å². The molecule has 1 heterocycles. The van der Waals surface area contributed by atoms with Crippen LogP contribution in [0.15, 0.2) is 40.7 Å². The number of aryl methyl sites for hydroxylation is 3. The fourth-order valence-corrected chi connectivity index (χ4v) is 4.08. The number of carbonyl (C=O) groups is 1. The number of hydrogen-bond donors (Lipinski definition) is 2. The number of nitro benzene ring substituents is 1. The minimum Gasteiger partial charge on any atom is -0.330 e. The third-order valence-electron chi connectivity index (χ3n) is 4.20. The number of anilines is 3. The first-order valence-electron chi connectivity index (χ1n) is 8.68. The van der Waals surface area contributed by atoms with Gasteiger partial charge in [-0.15, -0.1) is 10.2 Å². The van der Waals surface area contributed by atoms with Gasteiger partial charge in [0.1, 0.15) is 5.69 Å². The number of benzene rings is 2. The second-order valence-corrected chi connectivity index (χ2v) is 8.56. The lowest BCUT2D eigenvalue weighted by Gasteiger charge is -2.08. The molecule has 0 unspecified atom stereocenters. The minimum atomic E-state index is -0.497. The number of nitrogens with zero attached hydrogens (tertiary/aromatic N) is 3. The Morgan fingerprint density at radius 2 is 1.83 bits per heavy atom. The summed E-state index contributed by atoms with van der Waals surface area (Å²) < 4.78 is 0.630. The maximum Gasteiger partial charge on any atom is 0.293 e. The molecule has 2 N–H and O–H groups in total. The molecule has 0 aliphatic rings. The summed E-state index contributed by atoms with van der Waals surface area (Å²) in [6.45, 7) is 5.63. The zero-order valence-corrected chi connectivity index (χ0v) is 17.7. The fourth-order valence-electron chi connectivity index (χ4n) is 2.51. The van der Waals surface area contributed by atoms with E-state index in [2.05, 4.69) is 20.8 Å². The van der Waals surface area contributed by atoms with Gasteiger partial charge in [-0.2, -0.15) is 0 Å². The maximum atomic E-state index is 12.3. The number of rotatable bonds is 7. The van der Waals surface area contributed by atoms with Gasteiger partial charge in [0.05, 0.1) is 10.7 Å².